The summed E-state index contributed by atoms with van der Waals surface area (Å²) in [5.41, 5.74) is 0.392. The summed E-state index contributed by atoms with van der Waals surface area (Å²) < 4.78 is 6.51. The van der Waals surface area contributed by atoms with E-state index in [0.717, 1.165) is 56.9 Å². The van der Waals surface area contributed by atoms with Gasteiger partial charge in [0.25, 0.3) is 0 Å². The molecule has 1 aromatic carbocycles. The molecule has 2 saturated carbocycles. The molecule has 3 heterocycles. The molecule has 2 bridgehead atoms. The quantitative estimate of drug-likeness (QED) is 0.528. The first-order valence-corrected chi connectivity index (χ1v) is 14.7. The summed E-state index contributed by atoms with van der Waals surface area (Å²) in [5, 5.41) is 6.82. The van der Waals surface area contributed by atoms with Crippen molar-refractivity contribution in [3.63, 3.8) is 0 Å². The van der Waals surface area contributed by atoms with E-state index in [1.54, 1.807) is 6.07 Å². The molecule has 2 N–H and O–H groups in total. The predicted molar refractivity (Wildman–Crippen MR) is 146 cm³/mol. The van der Waals surface area contributed by atoms with E-state index < -0.39 is 29.6 Å². The number of ether oxygens (including phenoxy) is 1. The van der Waals surface area contributed by atoms with Gasteiger partial charge in [-0.1, -0.05) is 56.0 Å². The zero-order valence-corrected chi connectivity index (χ0v) is 23.0. The molecule has 1 spiro atoms. The van der Waals surface area contributed by atoms with Gasteiger partial charge >= 0.3 is 0 Å². The minimum Gasteiger partial charge on any atom is -0.359 e. The highest BCUT2D eigenvalue weighted by Gasteiger charge is 2.73. The molecule has 0 radical (unpaired) electrons. The highest BCUT2D eigenvalue weighted by molar-refractivity contribution is 6.31. The van der Waals surface area contributed by atoms with Crippen LogP contribution >= 0.6 is 11.6 Å². The lowest BCUT2D eigenvalue weighted by Crippen LogP contribution is -2.58. The zero-order valence-electron chi connectivity index (χ0n) is 22.3. The van der Waals surface area contributed by atoms with Crippen LogP contribution < -0.4 is 10.6 Å². The first kappa shape index (κ1) is 25.9. The smallest absolute Gasteiger partial charge is 0.246 e. The first-order chi connectivity index (χ1) is 18.3. The summed E-state index contributed by atoms with van der Waals surface area (Å²) in [6.07, 6.45) is 12.4. The molecule has 7 nitrogen and oxygen atoms in total. The molecule has 0 aromatic heterocycles. The molecule has 5 aliphatic rings. The molecule has 2 saturated heterocycles. The van der Waals surface area contributed by atoms with Crippen LogP contribution in [0.25, 0.3) is 0 Å². The molecule has 3 amide bonds. The van der Waals surface area contributed by atoms with Gasteiger partial charge in [0, 0.05) is 22.8 Å². The summed E-state index contributed by atoms with van der Waals surface area (Å²) in [5.74, 6) is -1.34. The Hall–Kier alpha value is -2.38. The Morgan fingerprint density at radius 3 is 2.50 bits per heavy atom. The molecule has 1 aromatic rings. The Labute approximate surface area is 229 Å². The van der Waals surface area contributed by atoms with Crippen LogP contribution in [0.3, 0.4) is 0 Å². The number of hydrogen-bond donors (Lipinski definition) is 2. The Bertz CT molecular complexity index is 1160. The monoisotopic (exact) mass is 539 g/mol. The van der Waals surface area contributed by atoms with E-state index in [4.69, 9.17) is 16.3 Å². The van der Waals surface area contributed by atoms with Gasteiger partial charge < -0.3 is 20.3 Å². The van der Waals surface area contributed by atoms with Crippen LogP contribution in [0.15, 0.2) is 30.4 Å². The lowest BCUT2D eigenvalue weighted by Gasteiger charge is -2.40. The maximum Gasteiger partial charge on any atom is 0.246 e. The third-order valence-electron chi connectivity index (χ3n) is 9.63. The maximum absolute atomic E-state index is 14.3. The molecule has 8 heteroatoms. The Kier molecular flexibility index (Phi) is 6.79. The van der Waals surface area contributed by atoms with Gasteiger partial charge in [-0.15, -0.1) is 0 Å². The van der Waals surface area contributed by atoms with Crippen molar-refractivity contribution in [2.75, 3.05) is 5.32 Å². The van der Waals surface area contributed by atoms with Crippen molar-refractivity contribution < 1.29 is 19.1 Å². The second kappa shape index (κ2) is 9.98. The topological polar surface area (TPSA) is 87.7 Å². The molecule has 204 valence electrons. The van der Waals surface area contributed by atoms with Crippen LogP contribution in [-0.4, -0.2) is 52.5 Å². The lowest BCUT2D eigenvalue weighted by atomic mass is 9.74. The number of amides is 3. The van der Waals surface area contributed by atoms with Gasteiger partial charge in [0.2, 0.25) is 17.7 Å². The Balaban J connectivity index is 1.31. The number of anilines is 1. The zero-order chi connectivity index (χ0) is 26.6. The number of aryl methyl sites for hydroxylation is 1. The van der Waals surface area contributed by atoms with Crippen molar-refractivity contribution in [3.05, 3.63) is 40.9 Å². The number of rotatable bonds is 5. The van der Waals surface area contributed by atoms with E-state index in [2.05, 4.69) is 17.6 Å². The summed E-state index contributed by atoms with van der Waals surface area (Å²) in [6, 6.07) is 4.74. The SMILES string of the molecule is Cc1ccc(NC(=O)[C@H]2[C@@H]3C=C[C@]4(O3)[C@@H]2C(=O)N(C2CCC(C)CC2)[C@@H]4C(=O)NC2CCCCC2)cc1Cl. The number of benzene rings is 1. The summed E-state index contributed by atoms with van der Waals surface area (Å²) in [7, 11) is 0. The number of fused-ring (bicyclic) bond motifs is 1. The van der Waals surface area contributed by atoms with Crippen LogP contribution in [0.2, 0.25) is 5.02 Å². The van der Waals surface area contributed by atoms with Crippen LogP contribution in [0.4, 0.5) is 5.69 Å². The molecule has 5 atom stereocenters. The number of carbonyl (C=O) groups excluding carboxylic acids is 3. The summed E-state index contributed by atoms with van der Waals surface area (Å²) in [6.45, 7) is 4.15. The molecular formula is C30H38ClN3O4. The second-order valence-corrected chi connectivity index (χ2v) is 12.6. The summed E-state index contributed by atoms with van der Waals surface area (Å²) in [4.78, 5) is 43.7. The Morgan fingerprint density at radius 2 is 1.79 bits per heavy atom. The minimum absolute atomic E-state index is 0.0172. The fourth-order valence-electron chi connectivity index (χ4n) is 7.54. The normalized spacial score (nSPS) is 36.4. The number of nitrogens with zero attached hydrogens (tertiary/aromatic N) is 1. The Morgan fingerprint density at radius 1 is 1.05 bits per heavy atom. The molecule has 0 unspecified atom stereocenters. The highest BCUT2D eigenvalue weighted by atomic mass is 35.5. The van der Waals surface area contributed by atoms with Gasteiger partial charge in [-0.25, -0.2) is 0 Å². The lowest BCUT2D eigenvalue weighted by molar-refractivity contribution is -0.145. The standard InChI is InChI=1S/C30H38ClN3O4/c1-17-8-12-21(13-9-17)34-26(28(36)32-19-6-4-3-5-7-19)30-15-14-23(38-30)24(25(30)29(34)37)27(35)33-20-11-10-18(2)22(31)16-20/h10-11,14-17,19,21,23-26H,3-9,12-13H2,1-2H3,(H,32,36)(H,33,35)/t17?,21?,23-,24-,25-,26+,30-/m0/s1. The highest BCUT2D eigenvalue weighted by Crippen LogP contribution is 2.56. The fourth-order valence-corrected chi connectivity index (χ4v) is 7.72. The average Bonchev–Trinajstić information content (AvgIpc) is 3.55. The van der Waals surface area contributed by atoms with Gasteiger partial charge in [0.15, 0.2) is 0 Å². The van der Waals surface area contributed by atoms with Crippen molar-refractivity contribution in [2.45, 2.75) is 101 Å². The molecule has 4 fully saturated rings. The van der Waals surface area contributed by atoms with Gasteiger partial charge in [-0.05, 0) is 69.1 Å². The molecule has 6 rings (SSSR count). The van der Waals surface area contributed by atoms with E-state index in [1.807, 2.05) is 36.1 Å². The van der Waals surface area contributed by atoms with Crippen molar-refractivity contribution in [1.29, 1.82) is 0 Å². The van der Waals surface area contributed by atoms with Crippen molar-refractivity contribution >= 4 is 35.0 Å². The van der Waals surface area contributed by atoms with Crippen molar-refractivity contribution in [2.24, 2.45) is 17.8 Å². The van der Waals surface area contributed by atoms with Crippen LogP contribution in [0.1, 0.15) is 70.3 Å². The van der Waals surface area contributed by atoms with E-state index >= 15 is 0 Å². The molecule has 38 heavy (non-hydrogen) atoms. The number of likely N-dealkylation sites (tertiary alicyclic amines) is 1. The fraction of sp³-hybridized carbons (Fsp3) is 0.633. The van der Waals surface area contributed by atoms with Gasteiger partial charge in [-0.2, -0.15) is 0 Å². The first-order valence-electron chi connectivity index (χ1n) is 14.4. The maximum atomic E-state index is 14.3. The van der Waals surface area contributed by atoms with E-state index in [0.29, 0.717) is 16.6 Å². The van der Waals surface area contributed by atoms with Gasteiger partial charge in [0.1, 0.15) is 11.6 Å². The number of hydrogen-bond acceptors (Lipinski definition) is 4. The number of nitrogens with one attached hydrogen (secondary N) is 2. The van der Waals surface area contributed by atoms with Crippen molar-refractivity contribution in [3.8, 4) is 0 Å². The molecule has 2 aliphatic carbocycles. The van der Waals surface area contributed by atoms with Gasteiger partial charge in [-0.3, -0.25) is 14.4 Å². The number of halogens is 1. The largest absolute Gasteiger partial charge is 0.359 e. The van der Waals surface area contributed by atoms with Crippen LogP contribution in [0, 0.1) is 24.7 Å². The van der Waals surface area contributed by atoms with Crippen LogP contribution in [-0.2, 0) is 19.1 Å². The van der Waals surface area contributed by atoms with E-state index in [-0.39, 0.29) is 29.8 Å². The van der Waals surface area contributed by atoms with Crippen LogP contribution in [0.5, 0.6) is 0 Å². The molecule has 3 aliphatic heterocycles. The predicted octanol–water partition coefficient (Wildman–Crippen LogP) is 4.77. The third-order valence-corrected chi connectivity index (χ3v) is 10.0. The number of carbonyl (C=O) groups is 3. The van der Waals surface area contributed by atoms with Gasteiger partial charge in [0.05, 0.1) is 17.9 Å². The minimum atomic E-state index is -1.11. The van der Waals surface area contributed by atoms with Crippen molar-refractivity contribution in [1.82, 2.24) is 10.2 Å². The summed E-state index contributed by atoms with van der Waals surface area (Å²) >= 11 is 6.29. The average molecular weight is 540 g/mol. The molecular weight excluding hydrogens is 502 g/mol. The second-order valence-electron chi connectivity index (χ2n) is 12.2. The van der Waals surface area contributed by atoms with E-state index in [1.165, 1.54) is 6.42 Å². The third kappa shape index (κ3) is 4.26. The van der Waals surface area contributed by atoms with E-state index in [9.17, 15) is 14.4 Å².